The average Bonchev–Trinajstić information content (AvgIpc) is 2.23. The van der Waals surface area contributed by atoms with Gasteiger partial charge in [0.2, 0.25) is 0 Å². The van der Waals surface area contributed by atoms with Gasteiger partial charge in [-0.05, 0) is 17.6 Å². The van der Waals surface area contributed by atoms with E-state index in [9.17, 15) is 0 Å². The number of hydrogen-bond donors (Lipinski definition) is 2. The molecule has 1 unspecified atom stereocenters. The first-order valence-electron chi connectivity index (χ1n) is 5.32. The summed E-state index contributed by atoms with van der Waals surface area (Å²) in [5.74, 6) is 0.697. The summed E-state index contributed by atoms with van der Waals surface area (Å²) in [6, 6.07) is 0. The Bertz CT molecular complexity index is 293. The van der Waals surface area contributed by atoms with Crippen LogP contribution in [0.5, 0.6) is 0 Å². The number of nitrogens with one attached hydrogen (secondary N) is 1. The van der Waals surface area contributed by atoms with Gasteiger partial charge in [-0.2, -0.15) is 0 Å². The predicted octanol–water partition coefficient (Wildman–Crippen LogP) is 2.59. The Morgan fingerprint density at radius 2 is 1.94 bits per heavy atom. The van der Waals surface area contributed by atoms with Crippen molar-refractivity contribution in [3.8, 4) is 0 Å². The third kappa shape index (κ3) is 5.98. The monoisotopic (exact) mass is 256 g/mol. The van der Waals surface area contributed by atoms with E-state index in [1.54, 1.807) is 11.4 Å². The lowest BCUT2D eigenvalue weighted by Gasteiger charge is -2.13. The second-order valence-corrected chi connectivity index (χ2v) is 4.54. The van der Waals surface area contributed by atoms with Gasteiger partial charge < -0.3 is 11.1 Å². The van der Waals surface area contributed by atoms with E-state index in [2.05, 4.69) is 26.1 Å². The third-order valence-corrected chi connectivity index (χ3v) is 2.73. The van der Waals surface area contributed by atoms with Gasteiger partial charge in [0.25, 0.3) is 0 Å². The molecule has 0 rings (SSSR count). The van der Waals surface area contributed by atoms with E-state index >= 15 is 0 Å². The zero-order chi connectivity index (χ0) is 12.6. The van der Waals surface area contributed by atoms with E-state index < -0.39 is 0 Å². The zero-order valence-electron chi connectivity index (χ0n) is 10.1. The molecule has 0 heterocycles. The van der Waals surface area contributed by atoms with Crippen LogP contribution in [0.25, 0.3) is 0 Å². The maximum Gasteiger partial charge on any atom is 0.0221 e. The lowest BCUT2D eigenvalue weighted by atomic mass is 10.1. The molecule has 90 valence electrons. The Morgan fingerprint density at radius 1 is 1.31 bits per heavy atom. The van der Waals surface area contributed by atoms with Gasteiger partial charge in [0.05, 0.1) is 0 Å². The normalized spacial score (nSPS) is 14.8. The number of nitrogens with two attached hydrogens (primary N) is 1. The smallest absolute Gasteiger partial charge is 0.0221 e. The molecule has 0 aromatic rings. The van der Waals surface area contributed by atoms with Crippen LogP contribution < -0.4 is 11.1 Å². The van der Waals surface area contributed by atoms with Crippen LogP contribution in [-0.4, -0.2) is 17.3 Å². The summed E-state index contributed by atoms with van der Waals surface area (Å²) in [7, 11) is 0. The Kier molecular flexibility index (Phi) is 8.03. The molecular weight excluding hydrogens is 236 g/mol. The first-order chi connectivity index (χ1) is 7.52. The van der Waals surface area contributed by atoms with E-state index in [1.807, 2.05) is 6.20 Å². The molecule has 0 aliphatic carbocycles. The molecule has 2 nitrogen and oxygen atoms in total. The minimum absolute atomic E-state index is 0.258. The molecule has 0 saturated heterocycles. The SMILES string of the molecule is CC(C)C(C=S)=CNCC(C)C(N)=CC=S. The fourth-order valence-corrected chi connectivity index (χ4v) is 1.55. The van der Waals surface area contributed by atoms with Crippen molar-refractivity contribution >= 4 is 35.2 Å². The molecule has 0 aromatic heterocycles. The minimum atomic E-state index is 0.258. The molecule has 16 heavy (non-hydrogen) atoms. The first-order valence-corrected chi connectivity index (χ1v) is 6.26. The summed E-state index contributed by atoms with van der Waals surface area (Å²) in [5, 5.41) is 6.47. The van der Waals surface area contributed by atoms with Crippen molar-refractivity contribution in [3.05, 3.63) is 23.5 Å². The van der Waals surface area contributed by atoms with Crippen LogP contribution in [0.4, 0.5) is 0 Å². The second-order valence-electron chi connectivity index (χ2n) is 4.03. The van der Waals surface area contributed by atoms with Crippen molar-refractivity contribution in [1.82, 2.24) is 5.32 Å². The summed E-state index contributed by atoms with van der Waals surface area (Å²) in [6.07, 6.45) is 3.72. The van der Waals surface area contributed by atoms with Crippen molar-refractivity contribution in [1.29, 1.82) is 0 Å². The van der Waals surface area contributed by atoms with Gasteiger partial charge in [-0.3, -0.25) is 0 Å². The highest BCUT2D eigenvalue weighted by Crippen LogP contribution is 2.06. The summed E-state index contributed by atoms with van der Waals surface area (Å²) < 4.78 is 0. The van der Waals surface area contributed by atoms with Gasteiger partial charge in [0.15, 0.2) is 0 Å². The molecule has 0 amide bonds. The maximum atomic E-state index is 5.81. The molecular formula is C12H20N2S2. The van der Waals surface area contributed by atoms with Gasteiger partial charge >= 0.3 is 0 Å². The van der Waals surface area contributed by atoms with Crippen LogP contribution in [0.2, 0.25) is 0 Å². The molecule has 0 aromatic carbocycles. The summed E-state index contributed by atoms with van der Waals surface area (Å²) in [6.45, 7) is 7.06. The summed E-state index contributed by atoms with van der Waals surface area (Å²) in [5.41, 5.74) is 7.73. The van der Waals surface area contributed by atoms with Gasteiger partial charge in [0, 0.05) is 35.1 Å². The van der Waals surface area contributed by atoms with Crippen LogP contribution in [0.15, 0.2) is 23.5 Å². The fraction of sp³-hybridized carbons (Fsp3) is 0.500. The van der Waals surface area contributed by atoms with Crippen molar-refractivity contribution in [2.75, 3.05) is 6.54 Å². The Morgan fingerprint density at radius 3 is 2.38 bits per heavy atom. The van der Waals surface area contributed by atoms with Crippen molar-refractivity contribution in [2.45, 2.75) is 20.8 Å². The lowest BCUT2D eigenvalue weighted by molar-refractivity contribution is 0.627. The number of thiocarbonyl (C=S) groups is 2. The number of allylic oxidation sites excluding steroid dienone is 2. The van der Waals surface area contributed by atoms with E-state index in [4.69, 9.17) is 30.2 Å². The standard InChI is InChI=1S/C12H20N2S2/c1-9(2)11(8-16)7-14-6-10(3)12(13)4-5-15/h4-5,7-10,14H,6,13H2,1-3H3. The largest absolute Gasteiger partial charge is 0.402 e. The molecule has 0 aliphatic rings. The quantitative estimate of drug-likeness (QED) is 0.542. The van der Waals surface area contributed by atoms with Crippen molar-refractivity contribution in [3.63, 3.8) is 0 Å². The molecule has 0 fully saturated rings. The van der Waals surface area contributed by atoms with E-state index in [1.165, 1.54) is 5.37 Å². The van der Waals surface area contributed by atoms with Crippen LogP contribution in [0, 0.1) is 11.8 Å². The molecule has 0 bridgehead atoms. The van der Waals surface area contributed by atoms with Gasteiger partial charge in [-0.25, -0.2) is 0 Å². The van der Waals surface area contributed by atoms with Crippen LogP contribution in [0.1, 0.15) is 20.8 Å². The second kappa shape index (κ2) is 8.42. The first kappa shape index (κ1) is 15.3. The third-order valence-electron chi connectivity index (χ3n) is 2.33. The minimum Gasteiger partial charge on any atom is -0.402 e. The molecule has 0 radical (unpaired) electrons. The van der Waals surface area contributed by atoms with E-state index in [0.29, 0.717) is 5.92 Å². The van der Waals surface area contributed by atoms with Crippen molar-refractivity contribution < 1.29 is 0 Å². The van der Waals surface area contributed by atoms with Crippen LogP contribution in [-0.2, 0) is 0 Å². The average molecular weight is 256 g/mol. The molecule has 0 aliphatic heterocycles. The van der Waals surface area contributed by atoms with Gasteiger partial charge in [0.1, 0.15) is 0 Å². The Labute approximate surface area is 109 Å². The predicted molar refractivity (Wildman–Crippen MR) is 79.7 cm³/mol. The van der Waals surface area contributed by atoms with Crippen LogP contribution in [0.3, 0.4) is 0 Å². The van der Waals surface area contributed by atoms with Gasteiger partial charge in [-0.15, -0.1) is 0 Å². The molecule has 3 N–H and O–H groups in total. The van der Waals surface area contributed by atoms with Crippen molar-refractivity contribution in [2.24, 2.45) is 17.6 Å². The highest BCUT2D eigenvalue weighted by Gasteiger charge is 2.03. The van der Waals surface area contributed by atoms with Gasteiger partial charge in [-0.1, -0.05) is 45.2 Å². The Balaban J connectivity index is 4.20. The molecule has 4 heteroatoms. The van der Waals surface area contributed by atoms with E-state index in [-0.39, 0.29) is 5.92 Å². The number of rotatable bonds is 7. The Hall–Kier alpha value is -0.740. The maximum absolute atomic E-state index is 5.81. The van der Waals surface area contributed by atoms with E-state index in [0.717, 1.165) is 17.8 Å². The molecule has 0 saturated carbocycles. The molecule has 0 spiro atoms. The lowest BCUT2D eigenvalue weighted by Crippen LogP contribution is -2.22. The zero-order valence-corrected chi connectivity index (χ0v) is 11.7. The topological polar surface area (TPSA) is 38.0 Å². The number of hydrogen-bond acceptors (Lipinski definition) is 4. The van der Waals surface area contributed by atoms with Crippen LogP contribution >= 0.6 is 24.4 Å². The highest BCUT2D eigenvalue weighted by atomic mass is 32.1. The summed E-state index contributed by atoms with van der Waals surface area (Å²) >= 11 is 9.66. The highest BCUT2D eigenvalue weighted by molar-refractivity contribution is 7.79. The summed E-state index contributed by atoms with van der Waals surface area (Å²) in [4.78, 5) is 0. The fourth-order valence-electron chi connectivity index (χ4n) is 1.05. The molecule has 1 atom stereocenters.